The third-order valence-electron chi connectivity index (χ3n) is 2.12. The van der Waals surface area contributed by atoms with Gasteiger partial charge in [0.25, 0.3) is 0 Å². The highest BCUT2D eigenvalue weighted by Crippen LogP contribution is 2.31. The van der Waals surface area contributed by atoms with Crippen LogP contribution in [0.1, 0.15) is 13.8 Å². The molecule has 0 fully saturated rings. The minimum absolute atomic E-state index is 0.0661. The molecule has 4 nitrogen and oxygen atoms in total. The lowest BCUT2D eigenvalue weighted by molar-refractivity contribution is -0.134. The van der Waals surface area contributed by atoms with E-state index in [4.69, 9.17) is 9.47 Å². The maximum Gasteiger partial charge on any atom is 0.308 e. The van der Waals surface area contributed by atoms with Crippen molar-refractivity contribution in [1.29, 1.82) is 0 Å². The molecule has 0 amide bonds. The van der Waals surface area contributed by atoms with Gasteiger partial charge >= 0.3 is 11.9 Å². The summed E-state index contributed by atoms with van der Waals surface area (Å²) in [4.78, 5) is 22.0. The van der Waals surface area contributed by atoms with E-state index in [0.717, 1.165) is 10.8 Å². The molecule has 0 N–H and O–H groups in total. The molecule has 0 heterocycles. The maximum atomic E-state index is 11.0. The smallest absolute Gasteiger partial charge is 0.308 e. The quantitative estimate of drug-likeness (QED) is 0.599. The molecular formula is C14H10O4. The number of carbonyl (C=O) groups is 2. The van der Waals surface area contributed by atoms with Crippen molar-refractivity contribution >= 4 is 22.7 Å². The summed E-state index contributed by atoms with van der Waals surface area (Å²) in [6.45, 7) is 2.53. The first-order valence-corrected chi connectivity index (χ1v) is 5.30. The van der Waals surface area contributed by atoms with Gasteiger partial charge in [0.15, 0.2) is 11.5 Å². The lowest BCUT2D eigenvalue weighted by atomic mass is 10.1. The fourth-order valence-electron chi connectivity index (χ4n) is 1.49. The van der Waals surface area contributed by atoms with Gasteiger partial charge in [-0.05, 0) is 10.8 Å². The van der Waals surface area contributed by atoms with E-state index >= 15 is 0 Å². The van der Waals surface area contributed by atoms with Crippen molar-refractivity contribution in [2.45, 2.75) is 13.8 Å². The summed E-state index contributed by atoms with van der Waals surface area (Å²) in [6, 6.07) is 13.0. The Labute approximate surface area is 104 Å². The van der Waals surface area contributed by atoms with Gasteiger partial charge in [-0.25, -0.2) is 0 Å². The lowest BCUT2D eigenvalue weighted by Crippen LogP contribution is -2.07. The van der Waals surface area contributed by atoms with E-state index in [-0.39, 0.29) is 11.5 Å². The molecule has 2 rings (SSSR count). The number of benzene rings is 2. The van der Waals surface area contributed by atoms with Gasteiger partial charge in [-0.1, -0.05) is 24.3 Å². The van der Waals surface area contributed by atoms with E-state index in [1.165, 1.54) is 13.8 Å². The van der Waals surface area contributed by atoms with Gasteiger partial charge < -0.3 is 9.47 Å². The molecule has 0 unspecified atom stereocenters. The molecular weight excluding hydrogens is 232 g/mol. The number of hydrogen-bond acceptors (Lipinski definition) is 4. The van der Waals surface area contributed by atoms with E-state index < -0.39 is 11.9 Å². The van der Waals surface area contributed by atoms with E-state index in [1.54, 1.807) is 12.1 Å². The largest absolute Gasteiger partial charge is 0.422 e. The molecule has 0 atom stereocenters. The number of carbonyl (C=O) groups excluding carboxylic acids is 2. The first-order chi connectivity index (χ1) is 8.56. The van der Waals surface area contributed by atoms with Crippen molar-refractivity contribution < 1.29 is 19.1 Å². The van der Waals surface area contributed by atoms with E-state index in [9.17, 15) is 9.59 Å². The van der Waals surface area contributed by atoms with Gasteiger partial charge in [-0.2, -0.15) is 0 Å². The van der Waals surface area contributed by atoms with Crippen molar-refractivity contribution in [3.05, 3.63) is 36.4 Å². The maximum absolute atomic E-state index is 11.0. The van der Waals surface area contributed by atoms with Crippen LogP contribution in [0.25, 0.3) is 10.8 Å². The van der Waals surface area contributed by atoms with Crippen LogP contribution >= 0.6 is 0 Å². The van der Waals surface area contributed by atoms with Gasteiger partial charge in [0.05, 0.1) is 0 Å². The third kappa shape index (κ3) is 2.66. The standard InChI is InChI=1S/C14H10O4/c1-9(15)17-13-7-11-5-3-4-6-12(11)8-14(13)18-10(2)16/h3-6H,1-2H3. The summed E-state index contributed by atoms with van der Waals surface area (Å²) in [5.41, 5.74) is 0. The van der Waals surface area contributed by atoms with Gasteiger partial charge in [-0.3, -0.25) is 9.59 Å². The Morgan fingerprint density at radius 2 is 1.28 bits per heavy atom. The van der Waals surface area contributed by atoms with E-state index in [0.29, 0.717) is 0 Å². The van der Waals surface area contributed by atoms with Crippen LogP contribution in [0.3, 0.4) is 0 Å². The molecule has 0 bridgehead atoms. The zero-order chi connectivity index (χ0) is 13.1. The van der Waals surface area contributed by atoms with E-state index in [1.807, 2.05) is 12.1 Å². The van der Waals surface area contributed by atoms with Gasteiger partial charge in [0.1, 0.15) is 0 Å². The monoisotopic (exact) mass is 242 g/mol. The van der Waals surface area contributed by atoms with Crippen LogP contribution in [-0.4, -0.2) is 11.9 Å². The Balaban J connectivity index is 2.55. The van der Waals surface area contributed by atoms with Crippen molar-refractivity contribution in [2.24, 2.45) is 0 Å². The highest BCUT2D eigenvalue weighted by Gasteiger charge is 2.12. The molecule has 0 aromatic heterocycles. The van der Waals surface area contributed by atoms with Crippen LogP contribution in [0.5, 0.6) is 11.5 Å². The van der Waals surface area contributed by atoms with Crippen LogP contribution in [0.15, 0.2) is 24.3 Å². The Morgan fingerprint density at radius 3 is 1.61 bits per heavy atom. The summed E-state index contributed by atoms with van der Waals surface area (Å²) in [7, 11) is 0. The SMILES string of the molecule is CC(=O)Oc1[c]c2ccccc2[c]c1OC(C)=O. The van der Waals surface area contributed by atoms with Gasteiger partial charge in [0.2, 0.25) is 0 Å². The minimum Gasteiger partial charge on any atom is -0.422 e. The molecule has 0 saturated heterocycles. The van der Waals surface area contributed by atoms with Crippen molar-refractivity contribution in [3.63, 3.8) is 0 Å². The highest BCUT2D eigenvalue weighted by atomic mass is 16.6. The van der Waals surface area contributed by atoms with Gasteiger partial charge in [-0.15, -0.1) is 0 Å². The number of rotatable bonds is 2. The zero-order valence-electron chi connectivity index (χ0n) is 9.94. The van der Waals surface area contributed by atoms with Crippen LogP contribution in [0, 0.1) is 12.1 Å². The normalized spacial score (nSPS) is 10.1. The predicted octanol–water partition coefficient (Wildman–Crippen LogP) is 2.29. The lowest BCUT2D eigenvalue weighted by Gasteiger charge is -2.09. The molecule has 2 radical (unpaired) electrons. The topological polar surface area (TPSA) is 52.6 Å². The second-order valence-electron chi connectivity index (χ2n) is 3.64. The molecule has 0 aliphatic rings. The summed E-state index contributed by atoms with van der Waals surface area (Å²) < 4.78 is 9.90. The average molecular weight is 242 g/mol. The molecule has 2 aromatic rings. The Morgan fingerprint density at radius 1 is 0.889 bits per heavy atom. The second-order valence-corrected chi connectivity index (χ2v) is 3.64. The van der Waals surface area contributed by atoms with Crippen LogP contribution in [0.2, 0.25) is 0 Å². The Kier molecular flexibility index (Phi) is 3.28. The fraction of sp³-hybridized carbons (Fsp3) is 0.143. The molecule has 0 aliphatic heterocycles. The first-order valence-electron chi connectivity index (χ1n) is 5.30. The molecule has 0 aliphatic carbocycles. The predicted molar refractivity (Wildman–Crippen MR) is 64.2 cm³/mol. The molecule has 0 saturated carbocycles. The molecule has 18 heavy (non-hydrogen) atoms. The third-order valence-corrected chi connectivity index (χ3v) is 2.12. The van der Waals surface area contributed by atoms with Crippen LogP contribution in [-0.2, 0) is 9.59 Å². The van der Waals surface area contributed by atoms with Crippen molar-refractivity contribution in [3.8, 4) is 11.5 Å². The minimum atomic E-state index is -0.511. The number of fused-ring (bicyclic) bond motifs is 1. The Hall–Kier alpha value is -2.36. The second kappa shape index (κ2) is 4.87. The first kappa shape index (κ1) is 12.1. The summed E-state index contributed by atoms with van der Waals surface area (Å²) in [5, 5.41) is 1.45. The average Bonchev–Trinajstić information content (AvgIpc) is 2.28. The van der Waals surface area contributed by atoms with Crippen molar-refractivity contribution in [2.75, 3.05) is 0 Å². The van der Waals surface area contributed by atoms with Gasteiger partial charge in [0, 0.05) is 26.0 Å². The number of ether oxygens (including phenoxy) is 2. The highest BCUT2D eigenvalue weighted by molar-refractivity contribution is 5.86. The molecule has 4 heteroatoms. The number of esters is 2. The van der Waals surface area contributed by atoms with Crippen LogP contribution < -0.4 is 9.47 Å². The summed E-state index contributed by atoms with van der Waals surface area (Å²) in [6.07, 6.45) is 0. The fourth-order valence-corrected chi connectivity index (χ4v) is 1.49. The summed E-state index contributed by atoms with van der Waals surface area (Å²) >= 11 is 0. The summed E-state index contributed by atoms with van der Waals surface area (Å²) in [5.74, 6) is -0.889. The molecule has 2 aromatic carbocycles. The van der Waals surface area contributed by atoms with E-state index in [2.05, 4.69) is 12.1 Å². The number of hydrogen-bond donors (Lipinski definition) is 0. The Bertz CT molecular complexity index is 562. The molecule has 0 spiro atoms. The molecule has 90 valence electrons. The van der Waals surface area contributed by atoms with Crippen LogP contribution in [0.4, 0.5) is 0 Å². The van der Waals surface area contributed by atoms with Crippen molar-refractivity contribution in [1.82, 2.24) is 0 Å². The zero-order valence-corrected chi connectivity index (χ0v) is 9.94.